The molecule has 1 aliphatic heterocycles. The highest BCUT2D eigenvalue weighted by atomic mass is 16.5. The van der Waals surface area contributed by atoms with Crippen molar-refractivity contribution in [3.8, 4) is 11.4 Å². The topological polar surface area (TPSA) is 101 Å². The lowest BCUT2D eigenvalue weighted by Gasteiger charge is -2.22. The van der Waals surface area contributed by atoms with Crippen molar-refractivity contribution in [1.82, 2.24) is 30.2 Å². The fourth-order valence-corrected chi connectivity index (χ4v) is 3.63. The molecule has 1 fully saturated rings. The fourth-order valence-electron chi connectivity index (χ4n) is 3.63. The van der Waals surface area contributed by atoms with Crippen molar-refractivity contribution in [3.05, 3.63) is 47.4 Å². The minimum Gasteiger partial charge on any atom is -0.339 e. The number of hydrogen-bond acceptors (Lipinski definition) is 6. The highest BCUT2D eigenvalue weighted by Gasteiger charge is 2.32. The van der Waals surface area contributed by atoms with Crippen LogP contribution in [0.1, 0.15) is 54.8 Å². The predicted molar refractivity (Wildman–Crippen MR) is 102 cm³/mol. The highest BCUT2D eigenvalue weighted by molar-refractivity contribution is 5.76. The van der Waals surface area contributed by atoms with E-state index < -0.39 is 0 Å². The first-order valence-electron chi connectivity index (χ1n) is 9.68. The molecule has 1 aliphatic rings. The van der Waals surface area contributed by atoms with Gasteiger partial charge < -0.3 is 9.42 Å². The highest BCUT2D eigenvalue weighted by Crippen LogP contribution is 2.30. The SMILES string of the molecule is Cc1cccc(-c2noc(CCCC(=O)N3CCC[C@H]3c3n[nH]c(C)n3)n2)c1. The van der Waals surface area contributed by atoms with Crippen LogP contribution in [0.3, 0.4) is 0 Å². The van der Waals surface area contributed by atoms with Crippen molar-refractivity contribution in [2.75, 3.05) is 6.54 Å². The van der Waals surface area contributed by atoms with Gasteiger partial charge in [0.15, 0.2) is 5.82 Å². The van der Waals surface area contributed by atoms with Gasteiger partial charge in [-0.25, -0.2) is 4.98 Å². The molecule has 3 aromatic rings. The Kier molecular flexibility index (Phi) is 5.18. The molecule has 0 radical (unpaired) electrons. The molecule has 1 amide bonds. The van der Waals surface area contributed by atoms with Crippen molar-refractivity contribution < 1.29 is 9.32 Å². The van der Waals surface area contributed by atoms with Gasteiger partial charge in [0.25, 0.3) is 0 Å². The first kappa shape index (κ1) is 18.3. The molecule has 2 aromatic heterocycles. The molecule has 1 atom stereocenters. The van der Waals surface area contributed by atoms with Crippen LogP contribution in [0.15, 0.2) is 28.8 Å². The number of amides is 1. The summed E-state index contributed by atoms with van der Waals surface area (Å²) in [6.07, 6.45) is 3.59. The van der Waals surface area contributed by atoms with Gasteiger partial charge >= 0.3 is 0 Å². The Bertz CT molecular complexity index is 963. The summed E-state index contributed by atoms with van der Waals surface area (Å²) < 4.78 is 5.35. The maximum absolute atomic E-state index is 12.7. The third-order valence-corrected chi connectivity index (χ3v) is 5.01. The van der Waals surface area contributed by atoms with Crippen molar-refractivity contribution in [2.24, 2.45) is 0 Å². The standard InChI is InChI=1S/C20H24N6O2/c1-13-6-3-7-15(12-13)19-22-17(28-25-19)9-4-10-18(27)26-11-5-8-16(26)20-21-14(2)23-24-20/h3,6-7,12,16H,4-5,8-11H2,1-2H3,(H,21,23,24)/t16-/m0/s1. The van der Waals surface area contributed by atoms with Gasteiger partial charge in [-0.1, -0.05) is 28.9 Å². The summed E-state index contributed by atoms with van der Waals surface area (Å²) in [5.41, 5.74) is 2.09. The summed E-state index contributed by atoms with van der Waals surface area (Å²) in [4.78, 5) is 23.4. The van der Waals surface area contributed by atoms with Gasteiger partial charge in [-0.05, 0) is 39.2 Å². The Morgan fingerprint density at radius 1 is 1.32 bits per heavy atom. The predicted octanol–water partition coefficient (Wildman–Crippen LogP) is 3.16. The first-order chi connectivity index (χ1) is 13.6. The molecule has 1 saturated heterocycles. The molecule has 8 nitrogen and oxygen atoms in total. The number of benzene rings is 1. The zero-order valence-corrected chi connectivity index (χ0v) is 16.2. The largest absolute Gasteiger partial charge is 0.339 e. The third-order valence-electron chi connectivity index (χ3n) is 5.01. The molecule has 3 heterocycles. The van der Waals surface area contributed by atoms with E-state index in [-0.39, 0.29) is 11.9 Å². The van der Waals surface area contributed by atoms with Crippen LogP contribution < -0.4 is 0 Å². The van der Waals surface area contributed by atoms with Crippen molar-refractivity contribution in [1.29, 1.82) is 0 Å². The second-order valence-electron chi connectivity index (χ2n) is 7.26. The maximum Gasteiger partial charge on any atom is 0.226 e. The van der Waals surface area contributed by atoms with Gasteiger partial charge in [-0.2, -0.15) is 10.1 Å². The Morgan fingerprint density at radius 3 is 3.00 bits per heavy atom. The molecule has 28 heavy (non-hydrogen) atoms. The number of carbonyl (C=O) groups excluding carboxylic acids is 1. The Labute approximate surface area is 163 Å². The summed E-state index contributed by atoms with van der Waals surface area (Å²) in [6, 6.07) is 7.97. The number of H-pyrrole nitrogens is 1. The molecule has 1 aromatic carbocycles. The monoisotopic (exact) mass is 380 g/mol. The lowest BCUT2D eigenvalue weighted by molar-refractivity contribution is -0.132. The van der Waals surface area contributed by atoms with Gasteiger partial charge in [0, 0.05) is 24.9 Å². The van der Waals surface area contributed by atoms with E-state index in [1.165, 1.54) is 0 Å². The number of aryl methyl sites for hydroxylation is 3. The second-order valence-corrected chi connectivity index (χ2v) is 7.26. The molecule has 146 valence electrons. The van der Waals surface area contributed by atoms with Gasteiger partial charge in [-0.3, -0.25) is 9.89 Å². The van der Waals surface area contributed by atoms with Crippen LogP contribution in [0.4, 0.5) is 0 Å². The summed E-state index contributed by atoms with van der Waals surface area (Å²) in [7, 11) is 0. The average Bonchev–Trinajstić information content (AvgIpc) is 3.41. The van der Waals surface area contributed by atoms with Crippen LogP contribution in [-0.4, -0.2) is 42.7 Å². The Morgan fingerprint density at radius 2 is 2.21 bits per heavy atom. The summed E-state index contributed by atoms with van der Waals surface area (Å²) in [6.45, 7) is 4.66. The lowest BCUT2D eigenvalue weighted by atomic mass is 10.1. The number of hydrogen-bond donors (Lipinski definition) is 1. The van der Waals surface area contributed by atoms with E-state index in [9.17, 15) is 4.79 Å². The van der Waals surface area contributed by atoms with Gasteiger partial charge in [0.2, 0.25) is 17.6 Å². The minimum atomic E-state index is -0.0197. The molecule has 0 bridgehead atoms. The second kappa shape index (κ2) is 7.92. The first-order valence-corrected chi connectivity index (χ1v) is 9.68. The number of aromatic amines is 1. The maximum atomic E-state index is 12.7. The lowest BCUT2D eigenvalue weighted by Crippen LogP contribution is -2.31. The van der Waals surface area contributed by atoms with Crippen LogP contribution in [0.25, 0.3) is 11.4 Å². The number of carbonyl (C=O) groups is 1. The van der Waals surface area contributed by atoms with Crippen LogP contribution >= 0.6 is 0 Å². The summed E-state index contributed by atoms with van der Waals surface area (Å²) in [5, 5.41) is 11.2. The van der Waals surface area contributed by atoms with Crippen LogP contribution in [0, 0.1) is 13.8 Å². The molecule has 0 spiro atoms. The number of nitrogens with one attached hydrogen (secondary N) is 1. The zero-order chi connectivity index (χ0) is 19.5. The van der Waals surface area contributed by atoms with E-state index in [1.54, 1.807) is 0 Å². The molecule has 8 heteroatoms. The Balaban J connectivity index is 1.32. The van der Waals surface area contributed by atoms with Crippen LogP contribution in [0.5, 0.6) is 0 Å². The van der Waals surface area contributed by atoms with E-state index in [0.717, 1.165) is 36.3 Å². The van der Waals surface area contributed by atoms with Crippen LogP contribution in [-0.2, 0) is 11.2 Å². The average molecular weight is 380 g/mol. The van der Waals surface area contributed by atoms with E-state index in [2.05, 4.69) is 25.3 Å². The molecule has 4 rings (SSSR count). The zero-order valence-electron chi connectivity index (χ0n) is 16.2. The molecular formula is C20H24N6O2. The fraction of sp³-hybridized carbons (Fsp3) is 0.450. The van der Waals surface area contributed by atoms with Crippen molar-refractivity contribution in [2.45, 2.75) is 52.0 Å². The molecule has 0 aliphatic carbocycles. The van der Waals surface area contributed by atoms with Gasteiger partial charge in [0.1, 0.15) is 5.82 Å². The molecular weight excluding hydrogens is 356 g/mol. The molecule has 1 N–H and O–H groups in total. The quantitative estimate of drug-likeness (QED) is 0.705. The van der Waals surface area contributed by atoms with Crippen molar-refractivity contribution in [3.63, 3.8) is 0 Å². The third kappa shape index (κ3) is 3.95. The van der Waals surface area contributed by atoms with Crippen LogP contribution in [0.2, 0.25) is 0 Å². The molecule has 0 saturated carbocycles. The van der Waals surface area contributed by atoms with Gasteiger partial charge in [0.05, 0.1) is 6.04 Å². The smallest absolute Gasteiger partial charge is 0.226 e. The Hall–Kier alpha value is -3.03. The van der Waals surface area contributed by atoms with E-state index in [0.29, 0.717) is 36.8 Å². The number of rotatable bonds is 6. The van der Waals surface area contributed by atoms with Gasteiger partial charge in [-0.15, -0.1) is 0 Å². The summed E-state index contributed by atoms with van der Waals surface area (Å²) >= 11 is 0. The number of nitrogens with zero attached hydrogens (tertiary/aromatic N) is 5. The number of aromatic nitrogens is 5. The van der Waals surface area contributed by atoms with Crippen molar-refractivity contribution >= 4 is 5.91 Å². The van der Waals surface area contributed by atoms with E-state index >= 15 is 0 Å². The normalized spacial score (nSPS) is 16.6. The minimum absolute atomic E-state index is 0.0197. The number of likely N-dealkylation sites (tertiary alicyclic amines) is 1. The summed E-state index contributed by atoms with van der Waals surface area (Å²) in [5.74, 6) is 2.76. The van der Waals surface area contributed by atoms with E-state index in [4.69, 9.17) is 4.52 Å². The molecule has 0 unspecified atom stereocenters. The van der Waals surface area contributed by atoms with E-state index in [1.807, 2.05) is 43.0 Å².